The Morgan fingerprint density at radius 1 is 1.35 bits per heavy atom. The van der Waals surface area contributed by atoms with Gasteiger partial charge in [0.25, 0.3) is 5.92 Å². The summed E-state index contributed by atoms with van der Waals surface area (Å²) >= 11 is 7.84. The quantitative estimate of drug-likeness (QED) is 0.436. The Balaban J connectivity index is 1.79. The van der Waals surface area contributed by atoms with E-state index in [1.54, 1.807) is 47.7 Å². The number of aliphatic imine (C=N–C) groups is 1. The van der Waals surface area contributed by atoms with Gasteiger partial charge in [-0.15, -0.1) is 11.3 Å². The van der Waals surface area contributed by atoms with Crippen molar-refractivity contribution in [2.24, 2.45) is 4.99 Å². The maximum absolute atomic E-state index is 14.5. The minimum absolute atomic E-state index is 0.0562. The zero-order valence-electron chi connectivity index (χ0n) is 20.1. The predicted molar refractivity (Wildman–Crippen MR) is 136 cm³/mol. The number of alkyl halides is 2. The SMILES string of the molecule is CCOC(=O)C1=C(CN2CC(F)(F)CC[C@@H]2CCC(=O)O)NC(c2nccs2)=N[C@H]1c1ccccc1Cl. The lowest BCUT2D eigenvalue weighted by Crippen LogP contribution is -2.51. The Kier molecular flexibility index (Phi) is 8.56. The second-order valence-corrected chi connectivity index (χ2v) is 10.2. The Bertz CT molecular complexity index is 1210. The molecule has 0 amide bonds. The molecular weight excluding hydrogens is 526 g/mol. The summed E-state index contributed by atoms with van der Waals surface area (Å²) in [6.07, 6.45) is 1.52. The summed E-state index contributed by atoms with van der Waals surface area (Å²) in [5.74, 6) is -4.18. The lowest BCUT2D eigenvalue weighted by molar-refractivity contribution is -0.139. The summed E-state index contributed by atoms with van der Waals surface area (Å²) in [7, 11) is 0. The number of hydrogen-bond donors (Lipinski definition) is 2. The van der Waals surface area contributed by atoms with Crippen molar-refractivity contribution >= 4 is 40.7 Å². The van der Waals surface area contributed by atoms with Gasteiger partial charge >= 0.3 is 11.9 Å². The zero-order valence-corrected chi connectivity index (χ0v) is 21.7. The minimum Gasteiger partial charge on any atom is -0.481 e. The molecule has 1 aromatic carbocycles. The first-order valence-electron chi connectivity index (χ1n) is 11.9. The average Bonchev–Trinajstić information content (AvgIpc) is 3.38. The summed E-state index contributed by atoms with van der Waals surface area (Å²) < 4.78 is 34.4. The van der Waals surface area contributed by atoms with Crippen LogP contribution in [0.5, 0.6) is 0 Å². The number of aliphatic carboxylic acids is 1. The summed E-state index contributed by atoms with van der Waals surface area (Å²) in [6, 6.07) is 5.73. The van der Waals surface area contributed by atoms with Gasteiger partial charge in [-0.2, -0.15) is 0 Å². The van der Waals surface area contributed by atoms with Crippen LogP contribution in [0, 0.1) is 0 Å². The highest BCUT2D eigenvalue weighted by atomic mass is 35.5. The van der Waals surface area contributed by atoms with Crippen LogP contribution in [0.3, 0.4) is 0 Å². The van der Waals surface area contributed by atoms with Crippen molar-refractivity contribution in [1.82, 2.24) is 15.2 Å². The van der Waals surface area contributed by atoms with Crippen molar-refractivity contribution in [3.63, 3.8) is 0 Å². The second kappa shape index (κ2) is 11.7. The molecule has 2 N–H and O–H groups in total. The number of piperidine rings is 1. The largest absolute Gasteiger partial charge is 0.481 e. The van der Waals surface area contributed by atoms with E-state index in [1.807, 2.05) is 0 Å². The summed E-state index contributed by atoms with van der Waals surface area (Å²) in [5, 5.41) is 15.1. The number of nitrogens with one attached hydrogen (secondary N) is 1. The third kappa shape index (κ3) is 6.52. The van der Waals surface area contributed by atoms with Crippen LogP contribution < -0.4 is 5.32 Å². The molecule has 1 aromatic heterocycles. The fourth-order valence-corrected chi connectivity index (χ4v) is 5.44. The van der Waals surface area contributed by atoms with E-state index in [-0.39, 0.29) is 44.4 Å². The molecule has 0 aliphatic carbocycles. The standard InChI is InChI=1S/C25H27ClF2N4O4S/c1-2-36-24(35)20-18(13-32-14-25(27,28)10-9-15(32)7-8-19(33)34)30-22(23-29-11-12-37-23)31-21(20)16-5-3-4-6-17(16)26/h3-6,11-12,15,21H,2,7-10,13-14H2,1H3,(H,30,31)(H,33,34)/t15-,21-/m0/s1. The van der Waals surface area contributed by atoms with Crippen LogP contribution in [0.4, 0.5) is 8.78 Å². The van der Waals surface area contributed by atoms with Crippen molar-refractivity contribution < 1.29 is 28.2 Å². The molecule has 1 fully saturated rings. The van der Waals surface area contributed by atoms with Gasteiger partial charge in [-0.05, 0) is 25.8 Å². The van der Waals surface area contributed by atoms with Crippen LogP contribution >= 0.6 is 22.9 Å². The van der Waals surface area contributed by atoms with Crippen molar-refractivity contribution in [2.75, 3.05) is 19.7 Å². The van der Waals surface area contributed by atoms with E-state index in [9.17, 15) is 23.5 Å². The van der Waals surface area contributed by atoms with Crippen molar-refractivity contribution in [3.05, 3.63) is 62.7 Å². The van der Waals surface area contributed by atoms with E-state index in [1.165, 1.54) is 11.3 Å². The number of carbonyl (C=O) groups excluding carboxylic acids is 1. The van der Waals surface area contributed by atoms with E-state index in [4.69, 9.17) is 21.3 Å². The third-order valence-electron chi connectivity index (χ3n) is 6.30. The third-order valence-corrected chi connectivity index (χ3v) is 7.43. The first-order chi connectivity index (χ1) is 17.7. The van der Waals surface area contributed by atoms with Crippen molar-refractivity contribution in [2.45, 2.75) is 50.6 Å². The topological polar surface area (TPSA) is 104 Å². The molecule has 2 aliphatic heterocycles. The lowest BCUT2D eigenvalue weighted by Gasteiger charge is -2.41. The first kappa shape index (κ1) is 27.2. The van der Waals surface area contributed by atoms with Gasteiger partial charge in [0.05, 0.1) is 18.7 Å². The number of carbonyl (C=O) groups is 2. The van der Waals surface area contributed by atoms with Gasteiger partial charge in [0, 0.05) is 53.3 Å². The number of ether oxygens (including phenoxy) is 1. The summed E-state index contributed by atoms with van der Waals surface area (Å²) in [4.78, 5) is 35.1. The lowest BCUT2D eigenvalue weighted by atomic mass is 9.92. The molecule has 2 aliphatic rings. The molecule has 198 valence electrons. The van der Waals surface area contributed by atoms with Crippen LogP contribution in [0.15, 0.2) is 52.1 Å². The van der Waals surface area contributed by atoms with Crippen LogP contribution in [0.25, 0.3) is 0 Å². The summed E-state index contributed by atoms with van der Waals surface area (Å²) in [6.45, 7) is 1.17. The molecular formula is C25H27ClF2N4O4S. The highest BCUT2D eigenvalue weighted by Crippen LogP contribution is 2.38. The van der Waals surface area contributed by atoms with E-state index in [0.29, 0.717) is 27.1 Å². The maximum Gasteiger partial charge on any atom is 0.338 e. The second-order valence-electron chi connectivity index (χ2n) is 8.86. The molecule has 0 radical (unpaired) electrons. The monoisotopic (exact) mass is 552 g/mol. The number of carboxylic acid groups (broad SMARTS) is 1. The summed E-state index contributed by atoms with van der Waals surface area (Å²) in [5.41, 5.74) is 1.08. The van der Waals surface area contributed by atoms with Gasteiger partial charge in [-0.1, -0.05) is 29.8 Å². The Morgan fingerprint density at radius 3 is 2.81 bits per heavy atom. The minimum atomic E-state index is -2.94. The number of aromatic nitrogens is 1. The van der Waals surface area contributed by atoms with Gasteiger partial charge in [0.1, 0.15) is 6.04 Å². The molecule has 8 nitrogen and oxygen atoms in total. The molecule has 3 heterocycles. The maximum atomic E-state index is 14.5. The number of thiazole rings is 1. The van der Waals surface area contributed by atoms with E-state index in [2.05, 4.69) is 10.3 Å². The van der Waals surface area contributed by atoms with E-state index < -0.39 is 36.5 Å². The van der Waals surface area contributed by atoms with Gasteiger partial charge in [-0.3, -0.25) is 14.7 Å². The number of amidine groups is 1. The molecule has 2 aromatic rings. The predicted octanol–water partition coefficient (Wildman–Crippen LogP) is 4.67. The molecule has 0 spiro atoms. The van der Waals surface area contributed by atoms with Crippen LogP contribution in [-0.2, 0) is 14.3 Å². The number of benzene rings is 1. The van der Waals surface area contributed by atoms with Gasteiger partial charge in [-0.25, -0.2) is 18.6 Å². The van der Waals surface area contributed by atoms with E-state index in [0.717, 1.165) is 0 Å². The number of esters is 1. The molecule has 0 bridgehead atoms. The number of halogens is 3. The smallest absolute Gasteiger partial charge is 0.338 e. The molecule has 12 heteroatoms. The van der Waals surface area contributed by atoms with Crippen molar-refractivity contribution in [1.29, 1.82) is 0 Å². The van der Waals surface area contributed by atoms with Crippen molar-refractivity contribution in [3.8, 4) is 0 Å². The normalized spacial score (nSPS) is 21.8. The van der Waals surface area contributed by atoms with Gasteiger partial charge in [0.2, 0.25) is 0 Å². The fourth-order valence-electron chi connectivity index (χ4n) is 4.61. The number of nitrogens with zero attached hydrogens (tertiary/aromatic N) is 3. The fraction of sp³-hybridized carbons (Fsp3) is 0.440. The van der Waals surface area contributed by atoms with E-state index >= 15 is 0 Å². The van der Waals surface area contributed by atoms with Crippen LogP contribution in [0.2, 0.25) is 5.02 Å². The molecule has 37 heavy (non-hydrogen) atoms. The number of rotatable bonds is 9. The number of hydrogen-bond acceptors (Lipinski definition) is 8. The highest BCUT2D eigenvalue weighted by molar-refractivity contribution is 7.11. The Hall–Kier alpha value is -2.89. The molecule has 4 rings (SSSR count). The molecule has 1 saturated heterocycles. The zero-order chi connectivity index (χ0) is 26.6. The van der Waals surface area contributed by atoms with Crippen LogP contribution in [-0.4, -0.2) is 64.4 Å². The number of carboxylic acids is 1. The molecule has 0 unspecified atom stereocenters. The highest BCUT2D eigenvalue weighted by Gasteiger charge is 2.42. The van der Waals surface area contributed by atoms with Gasteiger partial charge < -0.3 is 15.2 Å². The Morgan fingerprint density at radius 2 is 2.14 bits per heavy atom. The Labute approximate surface area is 222 Å². The molecule has 0 saturated carbocycles. The van der Waals surface area contributed by atoms with Crippen LogP contribution in [0.1, 0.15) is 49.2 Å². The number of likely N-dealkylation sites (tertiary alicyclic amines) is 1. The van der Waals surface area contributed by atoms with Gasteiger partial charge in [0.15, 0.2) is 10.8 Å². The molecule has 2 atom stereocenters. The average molecular weight is 553 g/mol. The first-order valence-corrected chi connectivity index (χ1v) is 13.2.